The maximum Gasteiger partial charge on any atom is 0.433 e. The molecule has 0 N–H and O–H groups in total. The minimum Gasteiger partial charge on any atom is -0.338 e. The van der Waals surface area contributed by atoms with Crippen LogP contribution in [0.5, 0.6) is 0 Å². The van der Waals surface area contributed by atoms with Crippen LogP contribution in [0.15, 0.2) is 18.3 Å². The number of halogens is 3. The van der Waals surface area contributed by atoms with Gasteiger partial charge in [-0.3, -0.25) is 9.78 Å². The van der Waals surface area contributed by atoms with Gasteiger partial charge in [-0.05, 0) is 23.0 Å². The van der Waals surface area contributed by atoms with Gasteiger partial charge in [-0.1, -0.05) is 41.5 Å². The van der Waals surface area contributed by atoms with E-state index in [9.17, 15) is 18.0 Å². The molecular formula is C17H25F3N2O. The number of hydrogen-bond donors (Lipinski definition) is 0. The first kappa shape index (κ1) is 19.5. The quantitative estimate of drug-likeness (QED) is 0.809. The van der Waals surface area contributed by atoms with E-state index in [1.807, 2.05) is 41.5 Å². The highest BCUT2D eigenvalue weighted by Gasteiger charge is 2.33. The first-order valence-electron chi connectivity index (χ1n) is 7.52. The van der Waals surface area contributed by atoms with Crippen molar-refractivity contribution in [3.63, 3.8) is 0 Å². The number of aromatic nitrogens is 1. The second-order valence-corrected chi connectivity index (χ2v) is 8.21. The first-order valence-corrected chi connectivity index (χ1v) is 7.52. The first-order chi connectivity index (χ1) is 10.2. The predicted molar refractivity (Wildman–Crippen MR) is 84.1 cm³/mol. The van der Waals surface area contributed by atoms with E-state index < -0.39 is 11.9 Å². The predicted octanol–water partition coefficient (Wildman–Crippen LogP) is 4.63. The Labute approximate surface area is 135 Å². The average Bonchev–Trinajstić information content (AvgIpc) is 2.33. The van der Waals surface area contributed by atoms with Gasteiger partial charge < -0.3 is 4.90 Å². The average molecular weight is 330 g/mol. The summed E-state index contributed by atoms with van der Waals surface area (Å²) in [7, 11) is 0. The molecule has 0 spiro atoms. The van der Waals surface area contributed by atoms with Crippen molar-refractivity contribution in [1.29, 1.82) is 0 Å². The second-order valence-electron chi connectivity index (χ2n) is 8.21. The van der Waals surface area contributed by atoms with Gasteiger partial charge in [0, 0.05) is 19.3 Å². The number of amides is 1. The molecular weight excluding hydrogens is 305 g/mol. The van der Waals surface area contributed by atoms with Gasteiger partial charge in [-0.25, -0.2) is 0 Å². The lowest BCUT2D eigenvalue weighted by Crippen LogP contribution is -2.42. The topological polar surface area (TPSA) is 33.2 Å². The van der Waals surface area contributed by atoms with E-state index in [1.54, 1.807) is 4.90 Å². The Morgan fingerprint density at radius 1 is 1.00 bits per heavy atom. The number of hydrogen-bond acceptors (Lipinski definition) is 2. The molecule has 0 saturated heterocycles. The molecule has 0 aromatic carbocycles. The summed E-state index contributed by atoms with van der Waals surface area (Å²) in [5.41, 5.74) is -1.04. The molecule has 0 atom stereocenters. The molecule has 1 heterocycles. The van der Waals surface area contributed by atoms with E-state index in [2.05, 4.69) is 4.98 Å². The van der Waals surface area contributed by atoms with E-state index in [-0.39, 0.29) is 22.3 Å². The Morgan fingerprint density at radius 2 is 1.48 bits per heavy atom. The number of alkyl halides is 3. The maximum absolute atomic E-state index is 12.7. The highest BCUT2D eigenvalue weighted by molar-refractivity contribution is 5.94. The molecule has 23 heavy (non-hydrogen) atoms. The molecule has 3 nitrogen and oxygen atoms in total. The largest absolute Gasteiger partial charge is 0.433 e. The van der Waals surface area contributed by atoms with Crippen molar-refractivity contribution < 1.29 is 18.0 Å². The van der Waals surface area contributed by atoms with Gasteiger partial charge >= 0.3 is 6.18 Å². The van der Waals surface area contributed by atoms with Gasteiger partial charge in [-0.15, -0.1) is 0 Å². The summed E-state index contributed by atoms with van der Waals surface area (Å²) in [5, 5.41) is 0. The van der Waals surface area contributed by atoms with Crippen molar-refractivity contribution >= 4 is 5.91 Å². The van der Waals surface area contributed by atoms with Crippen LogP contribution in [0.4, 0.5) is 13.2 Å². The van der Waals surface area contributed by atoms with E-state index in [1.165, 1.54) is 6.07 Å². The highest BCUT2D eigenvalue weighted by Crippen LogP contribution is 2.28. The lowest BCUT2D eigenvalue weighted by molar-refractivity contribution is -0.141. The molecule has 1 aromatic heterocycles. The maximum atomic E-state index is 12.7. The zero-order valence-corrected chi connectivity index (χ0v) is 14.6. The molecule has 0 fully saturated rings. The molecule has 1 amide bonds. The SMILES string of the molecule is CC(C)(C)CN(CC(C)(C)C)C(=O)c1ccc(C(F)(F)F)nc1. The van der Waals surface area contributed by atoms with Gasteiger partial charge in [0.15, 0.2) is 0 Å². The molecule has 1 rings (SSSR count). The number of nitrogens with zero attached hydrogens (tertiary/aromatic N) is 2. The van der Waals surface area contributed by atoms with E-state index >= 15 is 0 Å². The van der Waals surface area contributed by atoms with Crippen LogP contribution in [0.1, 0.15) is 57.6 Å². The van der Waals surface area contributed by atoms with Gasteiger partial charge in [0.05, 0.1) is 5.56 Å². The fraction of sp³-hybridized carbons (Fsp3) is 0.647. The summed E-state index contributed by atoms with van der Waals surface area (Å²) < 4.78 is 37.7. The number of rotatable bonds is 3. The lowest BCUT2D eigenvalue weighted by atomic mass is 9.91. The molecule has 0 unspecified atom stereocenters. The lowest BCUT2D eigenvalue weighted by Gasteiger charge is -2.34. The fourth-order valence-electron chi connectivity index (χ4n) is 2.22. The minimum atomic E-state index is -4.50. The van der Waals surface area contributed by atoms with Crippen molar-refractivity contribution in [3.05, 3.63) is 29.6 Å². The smallest absolute Gasteiger partial charge is 0.338 e. The van der Waals surface area contributed by atoms with E-state index in [0.29, 0.717) is 13.1 Å². The fourth-order valence-corrected chi connectivity index (χ4v) is 2.22. The van der Waals surface area contributed by atoms with E-state index in [0.717, 1.165) is 12.3 Å². The third-order valence-electron chi connectivity index (χ3n) is 2.92. The molecule has 6 heteroatoms. The highest BCUT2D eigenvalue weighted by atomic mass is 19.4. The van der Waals surface area contributed by atoms with Crippen molar-refractivity contribution in [1.82, 2.24) is 9.88 Å². The van der Waals surface area contributed by atoms with Crippen molar-refractivity contribution in [2.75, 3.05) is 13.1 Å². The molecule has 1 aromatic rings. The summed E-state index contributed by atoms with van der Waals surface area (Å²) >= 11 is 0. The van der Waals surface area contributed by atoms with Crippen molar-refractivity contribution in [3.8, 4) is 0 Å². The molecule has 0 aliphatic rings. The monoisotopic (exact) mass is 330 g/mol. The van der Waals surface area contributed by atoms with Crippen LogP contribution in [0.2, 0.25) is 0 Å². The third kappa shape index (κ3) is 6.59. The van der Waals surface area contributed by atoms with Crippen LogP contribution in [-0.4, -0.2) is 28.9 Å². The van der Waals surface area contributed by atoms with E-state index in [4.69, 9.17) is 0 Å². The zero-order valence-electron chi connectivity index (χ0n) is 14.6. The summed E-state index contributed by atoms with van der Waals surface area (Å²) in [4.78, 5) is 17.7. The summed E-state index contributed by atoms with van der Waals surface area (Å²) in [6, 6.07) is 2.04. The van der Waals surface area contributed by atoms with Crippen molar-refractivity contribution in [2.45, 2.75) is 47.7 Å². The standard InChI is InChI=1S/C17H25F3N2O/c1-15(2,3)10-22(11-16(4,5)6)14(23)12-7-8-13(21-9-12)17(18,19)20/h7-9H,10-11H2,1-6H3. The van der Waals surface area contributed by atoms with Gasteiger partial charge in [0.25, 0.3) is 5.91 Å². The minimum absolute atomic E-state index is 0.111. The summed E-state index contributed by atoms with van der Waals surface area (Å²) in [5.74, 6) is -0.295. The Balaban J connectivity index is 3.04. The van der Waals surface area contributed by atoms with Crippen LogP contribution in [-0.2, 0) is 6.18 Å². The molecule has 0 aliphatic heterocycles. The Morgan fingerprint density at radius 3 is 1.78 bits per heavy atom. The van der Waals surface area contributed by atoms with Crippen LogP contribution in [0, 0.1) is 10.8 Å². The van der Waals surface area contributed by atoms with Crippen LogP contribution < -0.4 is 0 Å². The number of carbonyl (C=O) groups excluding carboxylic acids is 1. The third-order valence-corrected chi connectivity index (χ3v) is 2.92. The number of carbonyl (C=O) groups is 1. The van der Waals surface area contributed by atoms with Crippen LogP contribution >= 0.6 is 0 Å². The van der Waals surface area contributed by atoms with Gasteiger partial charge in [0.2, 0.25) is 0 Å². The molecule has 0 radical (unpaired) electrons. The Hall–Kier alpha value is -1.59. The molecule has 0 aliphatic carbocycles. The number of pyridine rings is 1. The summed E-state index contributed by atoms with van der Waals surface area (Å²) in [6.07, 6.45) is -3.50. The molecule has 0 saturated carbocycles. The Kier molecular flexibility index (Phi) is 5.49. The van der Waals surface area contributed by atoms with Crippen LogP contribution in [0.25, 0.3) is 0 Å². The van der Waals surface area contributed by atoms with Gasteiger partial charge in [0.1, 0.15) is 5.69 Å². The normalized spacial score (nSPS) is 13.1. The second kappa shape index (κ2) is 6.49. The molecule has 130 valence electrons. The van der Waals surface area contributed by atoms with Crippen LogP contribution in [0.3, 0.4) is 0 Å². The van der Waals surface area contributed by atoms with Gasteiger partial charge in [-0.2, -0.15) is 13.2 Å². The Bertz CT molecular complexity index is 521. The molecule has 0 bridgehead atoms. The zero-order chi connectivity index (χ0) is 18.1. The summed E-state index contributed by atoms with van der Waals surface area (Å²) in [6.45, 7) is 13.1. The van der Waals surface area contributed by atoms with Crippen molar-refractivity contribution in [2.24, 2.45) is 10.8 Å².